The quantitative estimate of drug-likeness (QED) is 0.521. The van der Waals surface area contributed by atoms with Gasteiger partial charge in [-0.1, -0.05) is 38.1 Å². The molecule has 2 heterocycles. The van der Waals surface area contributed by atoms with Crippen molar-refractivity contribution in [3.8, 4) is 17.1 Å². The van der Waals surface area contributed by atoms with Gasteiger partial charge in [0.2, 0.25) is 11.8 Å². The van der Waals surface area contributed by atoms with Crippen LogP contribution in [-0.4, -0.2) is 60.1 Å². The Hall–Kier alpha value is -3.50. The molecule has 0 radical (unpaired) electrons. The summed E-state index contributed by atoms with van der Waals surface area (Å²) in [5, 5.41) is 9.75. The second kappa shape index (κ2) is 10.9. The first-order chi connectivity index (χ1) is 17.6. The number of amides is 1. The Morgan fingerprint density at radius 3 is 2.49 bits per heavy atom. The van der Waals surface area contributed by atoms with Gasteiger partial charge in [0, 0.05) is 23.7 Å². The molecule has 0 saturated heterocycles. The average molecular weight is 525 g/mol. The number of aliphatic hydroxyl groups excluding tert-OH is 1. The number of aromatic nitrogens is 2. The number of hydrogen-bond acceptors (Lipinski definition) is 7. The van der Waals surface area contributed by atoms with Crippen molar-refractivity contribution in [2.45, 2.75) is 45.1 Å². The number of benzene rings is 2. The molecule has 1 amide bonds. The van der Waals surface area contributed by atoms with Gasteiger partial charge < -0.3 is 14.7 Å². The Kier molecular flexibility index (Phi) is 7.79. The van der Waals surface area contributed by atoms with Crippen LogP contribution in [0.4, 0.5) is 5.95 Å². The molecule has 4 rings (SSSR count). The number of aliphatic hydroxyl groups is 1. The van der Waals surface area contributed by atoms with E-state index in [9.17, 15) is 18.3 Å². The van der Waals surface area contributed by atoms with Gasteiger partial charge in [-0.2, -0.15) is 4.98 Å². The van der Waals surface area contributed by atoms with E-state index in [0.717, 1.165) is 16.7 Å². The standard InChI is InChI=1S/C27H32N4O5S/c1-17(2)13-21-16-36-24-15-23(25-18(3)7-5-8-19(25)4)28-27(29-24)30-37(34,35)22-10-6-9-20(14-22)26(33)31(21)11-12-32/h5-10,14-15,17,21,32H,11-13,16H2,1-4H3,(H,28,29,30)/t21-/m1/s1. The van der Waals surface area contributed by atoms with Gasteiger partial charge in [-0.05, 0) is 55.5 Å². The third-order valence-corrected chi connectivity index (χ3v) is 7.59. The number of ether oxygens (including phenoxy) is 1. The van der Waals surface area contributed by atoms with Crippen LogP contribution in [0.15, 0.2) is 53.4 Å². The third kappa shape index (κ3) is 5.91. The third-order valence-electron chi connectivity index (χ3n) is 6.27. The van der Waals surface area contributed by atoms with Gasteiger partial charge in [-0.25, -0.2) is 18.1 Å². The minimum atomic E-state index is -4.11. The number of anilines is 1. The first kappa shape index (κ1) is 26.6. The Labute approximate surface area is 217 Å². The number of carbonyl (C=O) groups excluding carboxylic acids is 1. The Morgan fingerprint density at radius 2 is 1.81 bits per heavy atom. The molecule has 4 bridgehead atoms. The minimum Gasteiger partial charge on any atom is -0.475 e. The zero-order chi connectivity index (χ0) is 26.7. The second-order valence-corrected chi connectivity index (χ2v) is 11.3. The molecule has 1 aliphatic rings. The highest BCUT2D eigenvalue weighted by atomic mass is 32.2. The molecule has 0 fully saturated rings. The molecule has 1 aromatic heterocycles. The number of rotatable bonds is 5. The molecule has 3 aromatic rings. The molecule has 10 heteroatoms. The number of carbonyl (C=O) groups is 1. The van der Waals surface area contributed by atoms with Crippen molar-refractivity contribution in [3.63, 3.8) is 0 Å². The molecule has 196 valence electrons. The van der Waals surface area contributed by atoms with E-state index in [4.69, 9.17) is 4.74 Å². The van der Waals surface area contributed by atoms with Crippen LogP contribution in [0.5, 0.6) is 5.88 Å². The number of aryl methyl sites for hydroxylation is 2. The summed E-state index contributed by atoms with van der Waals surface area (Å²) in [6.45, 7) is 7.95. The lowest BCUT2D eigenvalue weighted by atomic mass is 10.00. The monoisotopic (exact) mass is 524 g/mol. The molecule has 37 heavy (non-hydrogen) atoms. The van der Waals surface area contributed by atoms with E-state index in [1.807, 2.05) is 45.9 Å². The molecule has 2 N–H and O–H groups in total. The Balaban J connectivity index is 1.90. The van der Waals surface area contributed by atoms with E-state index in [2.05, 4.69) is 14.7 Å². The summed E-state index contributed by atoms with van der Waals surface area (Å²) in [5.74, 6) is -0.0911. The van der Waals surface area contributed by atoms with Crippen LogP contribution in [0.1, 0.15) is 41.8 Å². The summed E-state index contributed by atoms with van der Waals surface area (Å²) in [4.78, 5) is 23.8. The molecule has 0 aliphatic carbocycles. The van der Waals surface area contributed by atoms with Crippen molar-refractivity contribution in [1.82, 2.24) is 14.9 Å². The molecule has 2 aromatic carbocycles. The lowest BCUT2D eigenvalue weighted by molar-refractivity contribution is 0.0523. The molecule has 1 atom stereocenters. The van der Waals surface area contributed by atoms with Gasteiger partial charge in [0.25, 0.3) is 15.9 Å². The van der Waals surface area contributed by atoms with Crippen molar-refractivity contribution in [1.29, 1.82) is 0 Å². The molecular formula is C27H32N4O5S. The maximum absolute atomic E-state index is 13.5. The van der Waals surface area contributed by atoms with Crippen molar-refractivity contribution >= 4 is 21.9 Å². The Morgan fingerprint density at radius 1 is 1.11 bits per heavy atom. The van der Waals surface area contributed by atoms with Crippen molar-refractivity contribution in [3.05, 3.63) is 65.2 Å². The first-order valence-corrected chi connectivity index (χ1v) is 13.7. The molecule has 0 saturated carbocycles. The maximum atomic E-state index is 13.5. The van der Waals surface area contributed by atoms with Crippen LogP contribution in [-0.2, 0) is 10.0 Å². The van der Waals surface area contributed by atoms with E-state index in [1.54, 1.807) is 17.0 Å². The van der Waals surface area contributed by atoms with Crippen LogP contribution >= 0.6 is 0 Å². The molecule has 0 spiro atoms. The summed E-state index contributed by atoms with van der Waals surface area (Å²) in [5.41, 5.74) is 3.53. The predicted octanol–water partition coefficient (Wildman–Crippen LogP) is 3.80. The van der Waals surface area contributed by atoms with Gasteiger partial charge in [-0.3, -0.25) is 4.79 Å². The average Bonchev–Trinajstić information content (AvgIpc) is 2.84. The summed E-state index contributed by atoms with van der Waals surface area (Å²) in [6.07, 6.45) is 0.615. The SMILES string of the molecule is Cc1cccc(C)c1-c1cc2nc(n1)NS(=O)(=O)c1cccc(c1)C(=O)N(CCO)[C@H](CC(C)C)CO2. The molecule has 1 aliphatic heterocycles. The summed E-state index contributed by atoms with van der Waals surface area (Å²) in [6, 6.07) is 13.0. The number of fused-ring (bicyclic) bond motifs is 4. The highest BCUT2D eigenvalue weighted by Gasteiger charge is 2.28. The molecular weight excluding hydrogens is 492 g/mol. The molecule has 0 unspecified atom stereocenters. The topological polar surface area (TPSA) is 122 Å². The van der Waals surface area contributed by atoms with E-state index >= 15 is 0 Å². The maximum Gasteiger partial charge on any atom is 0.264 e. The van der Waals surface area contributed by atoms with Crippen molar-refractivity contribution < 1.29 is 23.1 Å². The predicted molar refractivity (Wildman–Crippen MR) is 141 cm³/mol. The van der Waals surface area contributed by atoms with Crippen molar-refractivity contribution in [2.24, 2.45) is 5.92 Å². The second-order valence-electron chi connectivity index (χ2n) is 9.63. The van der Waals surface area contributed by atoms with Crippen LogP contribution in [0, 0.1) is 19.8 Å². The summed E-state index contributed by atoms with van der Waals surface area (Å²) < 4.78 is 35.1. The van der Waals surface area contributed by atoms with Crippen LogP contribution in [0.25, 0.3) is 11.3 Å². The van der Waals surface area contributed by atoms with Crippen molar-refractivity contribution in [2.75, 3.05) is 24.5 Å². The van der Waals surface area contributed by atoms with E-state index in [1.165, 1.54) is 18.2 Å². The highest BCUT2D eigenvalue weighted by Crippen LogP contribution is 2.30. The van der Waals surface area contributed by atoms with Gasteiger partial charge in [0.1, 0.15) is 6.61 Å². The van der Waals surface area contributed by atoms with Crippen LogP contribution in [0.3, 0.4) is 0 Å². The number of nitrogens with zero attached hydrogens (tertiary/aromatic N) is 3. The fourth-order valence-corrected chi connectivity index (χ4v) is 5.59. The summed E-state index contributed by atoms with van der Waals surface area (Å²) in [7, 11) is -4.11. The Bertz CT molecular complexity index is 1390. The first-order valence-electron chi connectivity index (χ1n) is 12.2. The number of sulfonamides is 1. The molecule has 9 nitrogen and oxygen atoms in total. The zero-order valence-corrected chi connectivity index (χ0v) is 22.2. The van der Waals surface area contributed by atoms with Crippen LogP contribution < -0.4 is 9.46 Å². The number of β-amino-alcohol motifs (C(OH)–C–C–N with tert-alkyl or cyclic N) is 1. The van der Waals surface area contributed by atoms with Crippen LogP contribution in [0.2, 0.25) is 0 Å². The summed E-state index contributed by atoms with van der Waals surface area (Å²) >= 11 is 0. The fraction of sp³-hybridized carbons (Fsp3) is 0.370. The van der Waals surface area contributed by atoms with E-state index < -0.39 is 10.0 Å². The lowest BCUT2D eigenvalue weighted by Crippen LogP contribution is -2.46. The minimum absolute atomic E-state index is 0.0808. The normalized spacial score (nSPS) is 17.3. The van der Waals surface area contributed by atoms with Gasteiger partial charge >= 0.3 is 0 Å². The van der Waals surface area contributed by atoms with Gasteiger partial charge in [0.15, 0.2) is 0 Å². The smallest absolute Gasteiger partial charge is 0.264 e. The van der Waals surface area contributed by atoms with E-state index in [-0.39, 0.29) is 59.9 Å². The number of nitrogens with one attached hydrogen (secondary N) is 1. The van der Waals surface area contributed by atoms with E-state index in [0.29, 0.717) is 12.1 Å². The van der Waals surface area contributed by atoms with Gasteiger partial charge in [0.05, 0.1) is 23.2 Å². The van der Waals surface area contributed by atoms with Gasteiger partial charge in [-0.15, -0.1) is 0 Å². The number of hydrogen-bond donors (Lipinski definition) is 2. The fourth-order valence-electron chi connectivity index (χ4n) is 4.60. The lowest BCUT2D eigenvalue weighted by Gasteiger charge is -2.32. The zero-order valence-electron chi connectivity index (χ0n) is 21.4. The largest absolute Gasteiger partial charge is 0.475 e. The highest BCUT2D eigenvalue weighted by molar-refractivity contribution is 7.92.